The highest BCUT2D eigenvalue weighted by Gasteiger charge is 2.29. The van der Waals surface area contributed by atoms with Gasteiger partial charge in [0.15, 0.2) is 0 Å². The van der Waals surface area contributed by atoms with E-state index in [0.29, 0.717) is 34.5 Å². The van der Waals surface area contributed by atoms with E-state index in [-0.39, 0.29) is 5.91 Å². The van der Waals surface area contributed by atoms with Crippen molar-refractivity contribution in [1.82, 2.24) is 29.6 Å². The number of carbonyl (C=O) groups is 1. The Morgan fingerprint density at radius 1 is 1.12 bits per heavy atom. The predicted molar refractivity (Wildman–Crippen MR) is 153 cm³/mol. The van der Waals surface area contributed by atoms with Crippen molar-refractivity contribution in [3.63, 3.8) is 0 Å². The van der Waals surface area contributed by atoms with E-state index in [1.54, 1.807) is 29.8 Å². The number of fused-ring (bicyclic) bond motifs is 2. The molecule has 0 atom stereocenters. The molecule has 6 rings (SSSR count). The molecule has 1 aromatic carbocycles. The van der Waals surface area contributed by atoms with Crippen LogP contribution in [0.5, 0.6) is 0 Å². The van der Waals surface area contributed by atoms with Gasteiger partial charge in [0.05, 0.1) is 34.4 Å². The smallest absolute Gasteiger partial charge is 0.274 e. The molecule has 1 saturated carbocycles. The quantitative estimate of drug-likeness (QED) is 0.379. The summed E-state index contributed by atoms with van der Waals surface area (Å²) in [5.41, 5.74) is 3.28. The van der Waals surface area contributed by atoms with Gasteiger partial charge in [-0.1, -0.05) is 0 Å². The van der Waals surface area contributed by atoms with Crippen molar-refractivity contribution in [2.45, 2.75) is 57.2 Å². The topological polar surface area (TPSA) is 113 Å². The van der Waals surface area contributed by atoms with Crippen LogP contribution in [0.25, 0.3) is 16.4 Å². The average Bonchev–Trinajstić information content (AvgIpc) is 3.61. The summed E-state index contributed by atoms with van der Waals surface area (Å²) in [4.78, 5) is 16.1. The van der Waals surface area contributed by atoms with Crippen LogP contribution in [0.2, 0.25) is 0 Å². The molecule has 10 nitrogen and oxygen atoms in total. The standard InChI is InChI=1S/C30H36N8O2/c1-30(2,40-3)25-16-26-21(19-37(35-26)23-6-4-22(5-7-23)36-12-10-32-11-13-36)15-27(25)34-29(39)28-9-8-24-14-20(17-31)18-33-38(24)28/h8-9,14-16,18-19,22-23,32H,4-7,10-13H2,1-3H3,(H,34,39). The van der Waals surface area contributed by atoms with Gasteiger partial charge in [-0.25, -0.2) is 4.52 Å². The number of amides is 1. The van der Waals surface area contributed by atoms with Crippen LogP contribution in [0.3, 0.4) is 0 Å². The Morgan fingerprint density at radius 3 is 2.60 bits per heavy atom. The summed E-state index contributed by atoms with van der Waals surface area (Å²) in [6, 6.07) is 12.4. The van der Waals surface area contributed by atoms with Gasteiger partial charge in [0.25, 0.3) is 5.91 Å². The van der Waals surface area contributed by atoms with Crippen molar-refractivity contribution >= 4 is 28.0 Å². The molecule has 10 heteroatoms. The van der Waals surface area contributed by atoms with Gasteiger partial charge in [0, 0.05) is 62.2 Å². The molecule has 0 radical (unpaired) electrons. The summed E-state index contributed by atoms with van der Waals surface area (Å²) in [5, 5.41) is 26.0. The molecule has 1 aliphatic heterocycles. The van der Waals surface area contributed by atoms with Gasteiger partial charge in [-0.3, -0.25) is 14.4 Å². The first-order chi connectivity index (χ1) is 19.4. The van der Waals surface area contributed by atoms with Gasteiger partial charge in [0.1, 0.15) is 11.8 Å². The molecule has 0 unspecified atom stereocenters. The molecule has 1 saturated heterocycles. The van der Waals surface area contributed by atoms with Crippen LogP contribution in [0.4, 0.5) is 5.69 Å². The number of hydrogen-bond donors (Lipinski definition) is 2. The van der Waals surface area contributed by atoms with Gasteiger partial charge >= 0.3 is 0 Å². The number of nitrogens with one attached hydrogen (secondary N) is 2. The second-order valence-electron chi connectivity index (χ2n) is 11.4. The Bertz CT molecular complexity index is 1580. The maximum Gasteiger partial charge on any atom is 0.274 e. The molecule has 40 heavy (non-hydrogen) atoms. The van der Waals surface area contributed by atoms with Crippen LogP contribution in [-0.4, -0.2) is 69.5 Å². The molecule has 4 heterocycles. The lowest BCUT2D eigenvalue weighted by Crippen LogP contribution is -2.49. The van der Waals surface area contributed by atoms with E-state index in [1.165, 1.54) is 19.0 Å². The van der Waals surface area contributed by atoms with E-state index in [9.17, 15) is 10.1 Å². The first kappa shape index (κ1) is 26.4. The zero-order chi connectivity index (χ0) is 27.9. The Hall–Kier alpha value is -3.78. The number of hydrogen-bond acceptors (Lipinski definition) is 7. The largest absolute Gasteiger partial charge is 0.374 e. The van der Waals surface area contributed by atoms with E-state index >= 15 is 0 Å². The third kappa shape index (κ3) is 4.96. The zero-order valence-electron chi connectivity index (χ0n) is 23.4. The molecule has 2 aliphatic rings. The lowest BCUT2D eigenvalue weighted by Gasteiger charge is -2.39. The van der Waals surface area contributed by atoms with Crippen LogP contribution >= 0.6 is 0 Å². The minimum absolute atomic E-state index is 0.289. The van der Waals surface area contributed by atoms with Crippen molar-refractivity contribution in [2.75, 3.05) is 38.6 Å². The number of carbonyl (C=O) groups excluding carboxylic acids is 1. The summed E-state index contributed by atoms with van der Waals surface area (Å²) < 4.78 is 9.51. The monoisotopic (exact) mass is 540 g/mol. The van der Waals surface area contributed by atoms with Crippen LogP contribution in [0.15, 0.2) is 42.7 Å². The maximum atomic E-state index is 13.5. The zero-order valence-corrected chi connectivity index (χ0v) is 23.4. The Balaban J connectivity index is 1.27. The highest BCUT2D eigenvalue weighted by molar-refractivity contribution is 6.05. The average molecular weight is 541 g/mol. The summed E-state index contributed by atoms with van der Waals surface area (Å²) in [6.45, 7) is 8.42. The number of piperazine rings is 1. The maximum absolute atomic E-state index is 13.5. The number of nitriles is 1. The number of nitrogens with zero attached hydrogens (tertiary/aromatic N) is 6. The van der Waals surface area contributed by atoms with Crippen molar-refractivity contribution in [3.05, 3.63) is 59.5 Å². The molecular formula is C30H36N8O2. The number of aromatic nitrogens is 4. The fourth-order valence-corrected chi connectivity index (χ4v) is 6.14. The first-order valence-electron chi connectivity index (χ1n) is 14.1. The molecule has 1 aliphatic carbocycles. The van der Waals surface area contributed by atoms with Gasteiger partial charge in [0.2, 0.25) is 0 Å². The fraction of sp³-hybridized carbons (Fsp3) is 0.467. The SMILES string of the molecule is COC(C)(C)c1cc2nn(C3CCC(N4CCNCC4)CC3)cc2cc1NC(=O)c1ccc2cc(C#N)cnn12. The fourth-order valence-electron chi connectivity index (χ4n) is 6.14. The van der Waals surface area contributed by atoms with Gasteiger partial charge in [-0.15, -0.1) is 0 Å². The normalized spacial score (nSPS) is 20.6. The first-order valence-corrected chi connectivity index (χ1v) is 14.1. The molecule has 4 aromatic rings. The Labute approximate surface area is 233 Å². The molecule has 0 bridgehead atoms. The van der Waals surface area contributed by atoms with Crippen LogP contribution in [0.1, 0.15) is 67.2 Å². The Morgan fingerprint density at radius 2 is 1.88 bits per heavy atom. The van der Waals surface area contributed by atoms with E-state index in [1.807, 2.05) is 26.0 Å². The second-order valence-corrected chi connectivity index (χ2v) is 11.4. The number of methoxy groups -OCH3 is 1. The molecule has 0 spiro atoms. The van der Waals surface area contributed by atoms with Crippen LogP contribution in [-0.2, 0) is 10.3 Å². The van der Waals surface area contributed by atoms with Gasteiger partial charge in [-0.2, -0.15) is 15.5 Å². The number of ether oxygens (including phenoxy) is 1. The summed E-state index contributed by atoms with van der Waals surface area (Å²) >= 11 is 0. The predicted octanol–water partition coefficient (Wildman–Crippen LogP) is 4.08. The van der Waals surface area contributed by atoms with Gasteiger partial charge in [-0.05, 0) is 69.9 Å². The lowest BCUT2D eigenvalue weighted by atomic mass is 9.90. The lowest BCUT2D eigenvalue weighted by molar-refractivity contribution is 0.0199. The van der Waals surface area contributed by atoms with Crippen molar-refractivity contribution in [1.29, 1.82) is 5.26 Å². The molecule has 1 amide bonds. The third-order valence-electron chi connectivity index (χ3n) is 8.64. The van der Waals surface area contributed by atoms with Crippen LogP contribution < -0.4 is 10.6 Å². The minimum Gasteiger partial charge on any atom is -0.374 e. The van der Waals surface area contributed by atoms with E-state index in [2.05, 4.69) is 37.6 Å². The molecule has 2 fully saturated rings. The highest BCUT2D eigenvalue weighted by atomic mass is 16.5. The Kier molecular flexibility index (Phi) is 7.04. The molecular weight excluding hydrogens is 504 g/mol. The summed E-state index contributed by atoms with van der Waals surface area (Å²) in [6.07, 6.45) is 8.19. The van der Waals surface area contributed by atoms with Crippen LogP contribution in [0, 0.1) is 11.3 Å². The van der Waals surface area contributed by atoms with Crippen molar-refractivity contribution in [3.8, 4) is 6.07 Å². The highest BCUT2D eigenvalue weighted by Crippen LogP contribution is 2.36. The van der Waals surface area contributed by atoms with E-state index in [4.69, 9.17) is 9.84 Å². The summed E-state index contributed by atoms with van der Waals surface area (Å²) in [7, 11) is 1.67. The molecule has 2 N–H and O–H groups in total. The molecule has 3 aromatic heterocycles. The van der Waals surface area contributed by atoms with Gasteiger partial charge < -0.3 is 15.4 Å². The number of anilines is 1. The van der Waals surface area contributed by atoms with Crippen molar-refractivity contribution < 1.29 is 9.53 Å². The van der Waals surface area contributed by atoms with E-state index < -0.39 is 5.60 Å². The number of benzene rings is 1. The van der Waals surface area contributed by atoms with Crippen molar-refractivity contribution in [2.24, 2.45) is 0 Å². The summed E-state index contributed by atoms with van der Waals surface area (Å²) in [5.74, 6) is -0.289. The minimum atomic E-state index is -0.650. The molecule has 208 valence electrons. The van der Waals surface area contributed by atoms with E-state index in [0.717, 1.165) is 55.5 Å². The second kappa shape index (κ2) is 10.7. The third-order valence-corrected chi connectivity index (χ3v) is 8.64. The number of rotatable bonds is 6.